The van der Waals surface area contributed by atoms with Gasteiger partial charge in [0.05, 0.1) is 0 Å². The van der Waals surface area contributed by atoms with Gasteiger partial charge in [-0.15, -0.1) is 0 Å². The first-order valence-corrected chi connectivity index (χ1v) is 10.6. The van der Waals surface area contributed by atoms with Crippen LogP contribution in [0.15, 0.2) is 24.3 Å². The summed E-state index contributed by atoms with van der Waals surface area (Å²) in [7, 11) is 2.31. The maximum Gasteiger partial charge on any atom is 0.0230 e. The molecule has 1 heteroatoms. The zero-order chi connectivity index (χ0) is 18.4. The molecule has 0 bridgehead atoms. The highest BCUT2D eigenvalue weighted by atomic mass is 15.1. The largest absolute Gasteiger partial charge is 0.302 e. The Morgan fingerprint density at radius 2 is 1.72 bits per heavy atom. The lowest BCUT2D eigenvalue weighted by molar-refractivity contribution is 0.146. The second kappa shape index (κ2) is 9.21. The van der Waals surface area contributed by atoms with Crippen molar-refractivity contribution in [2.75, 3.05) is 13.6 Å². The van der Waals surface area contributed by atoms with Gasteiger partial charge in [-0.3, -0.25) is 0 Å². The summed E-state index contributed by atoms with van der Waals surface area (Å²) in [4.78, 5) is 2.56. The smallest absolute Gasteiger partial charge is 0.0230 e. The highest BCUT2D eigenvalue weighted by Crippen LogP contribution is 2.42. The van der Waals surface area contributed by atoms with Crippen LogP contribution in [-0.4, -0.2) is 18.5 Å². The summed E-state index contributed by atoms with van der Waals surface area (Å²) in [6.07, 6.45) is 8.43. The summed E-state index contributed by atoms with van der Waals surface area (Å²) in [5.74, 6) is 2.51. The summed E-state index contributed by atoms with van der Waals surface area (Å²) < 4.78 is 0. The van der Waals surface area contributed by atoms with E-state index in [0.29, 0.717) is 11.3 Å². The Hall–Kier alpha value is -0.820. The SMILES string of the molecule is CCC1CCC(C)(CN(C)Cc2ccc(C(C)C)cc2)CC(CC)C1. The van der Waals surface area contributed by atoms with Crippen LogP contribution in [0.25, 0.3) is 0 Å². The third-order valence-electron chi connectivity index (χ3n) is 6.51. The molecule has 0 amide bonds. The molecule has 0 N–H and O–H groups in total. The van der Waals surface area contributed by atoms with E-state index in [2.05, 4.69) is 70.8 Å². The molecule has 3 atom stereocenters. The van der Waals surface area contributed by atoms with E-state index in [-0.39, 0.29) is 0 Å². The van der Waals surface area contributed by atoms with Crippen LogP contribution in [0, 0.1) is 17.3 Å². The van der Waals surface area contributed by atoms with Crippen LogP contribution in [-0.2, 0) is 6.54 Å². The molecule has 1 fully saturated rings. The minimum absolute atomic E-state index is 0.483. The van der Waals surface area contributed by atoms with Crippen LogP contribution < -0.4 is 0 Å². The molecule has 0 spiro atoms. The van der Waals surface area contributed by atoms with Crippen LogP contribution in [0.4, 0.5) is 0 Å². The first-order chi connectivity index (χ1) is 11.8. The molecular weight excluding hydrogens is 302 g/mol. The van der Waals surface area contributed by atoms with Gasteiger partial charge in [0, 0.05) is 13.1 Å². The van der Waals surface area contributed by atoms with Gasteiger partial charge in [-0.25, -0.2) is 0 Å². The molecule has 3 unspecified atom stereocenters. The van der Waals surface area contributed by atoms with Gasteiger partial charge in [-0.05, 0) is 67.0 Å². The lowest BCUT2D eigenvalue weighted by Crippen LogP contribution is -2.34. The van der Waals surface area contributed by atoms with Crippen molar-refractivity contribution in [3.63, 3.8) is 0 Å². The molecule has 0 heterocycles. The van der Waals surface area contributed by atoms with Crippen molar-refractivity contribution >= 4 is 0 Å². The van der Waals surface area contributed by atoms with E-state index in [9.17, 15) is 0 Å². The second-order valence-electron chi connectivity index (χ2n) is 9.41. The van der Waals surface area contributed by atoms with Crippen LogP contribution in [0.2, 0.25) is 0 Å². The molecule has 1 aliphatic carbocycles. The lowest BCUT2D eigenvalue weighted by Gasteiger charge is -2.35. The van der Waals surface area contributed by atoms with E-state index < -0.39 is 0 Å². The van der Waals surface area contributed by atoms with Gasteiger partial charge >= 0.3 is 0 Å². The quantitative estimate of drug-likeness (QED) is 0.488. The third-order valence-corrected chi connectivity index (χ3v) is 6.51. The average Bonchev–Trinajstić information content (AvgIpc) is 2.73. The Bertz CT molecular complexity index is 503. The molecule has 0 aromatic heterocycles. The number of rotatable bonds is 7. The monoisotopic (exact) mass is 343 g/mol. The molecule has 142 valence electrons. The fourth-order valence-corrected chi connectivity index (χ4v) is 4.88. The standard InChI is InChI=1S/C24H41N/c1-7-20-13-14-24(5,16-21(8-2)15-20)18-25(6)17-22-9-11-23(12-10-22)19(3)4/h9-12,19-21H,7-8,13-18H2,1-6H3. The predicted molar refractivity (Wildman–Crippen MR) is 111 cm³/mol. The van der Waals surface area contributed by atoms with Gasteiger partial charge in [0.2, 0.25) is 0 Å². The van der Waals surface area contributed by atoms with Gasteiger partial charge in [0.1, 0.15) is 0 Å². The van der Waals surface area contributed by atoms with E-state index in [1.165, 1.54) is 56.2 Å². The summed E-state index contributed by atoms with van der Waals surface area (Å²) in [6, 6.07) is 9.26. The van der Waals surface area contributed by atoms with Crippen molar-refractivity contribution in [1.29, 1.82) is 0 Å². The normalized spacial score (nSPS) is 27.7. The van der Waals surface area contributed by atoms with Crippen LogP contribution in [0.5, 0.6) is 0 Å². The molecule has 0 radical (unpaired) electrons. The number of hydrogen-bond donors (Lipinski definition) is 0. The molecular formula is C24H41N. The summed E-state index contributed by atoms with van der Waals surface area (Å²) in [5, 5.41) is 0. The highest BCUT2D eigenvalue weighted by Gasteiger charge is 2.33. The minimum Gasteiger partial charge on any atom is -0.302 e. The fourth-order valence-electron chi connectivity index (χ4n) is 4.88. The van der Waals surface area contributed by atoms with Crippen molar-refractivity contribution in [3.05, 3.63) is 35.4 Å². The zero-order valence-corrected chi connectivity index (χ0v) is 17.6. The van der Waals surface area contributed by atoms with E-state index in [4.69, 9.17) is 0 Å². The first-order valence-electron chi connectivity index (χ1n) is 10.6. The maximum atomic E-state index is 2.56. The summed E-state index contributed by atoms with van der Waals surface area (Å²) >= 11 is 0. The van der Waals surface area contributed by atoms with Gasteiger partial charge in [0.25, 0.3) is 0 Å². The van der Waals surface area contributed by atoms with Crippen molar-refractivity contribution < 1.29 is 0 Å². The average molecular weight is 344 g/mol. The van der Waals surface area contributed by atoms with Gasteiger partial charge in [-0.1, -0.05) is 71.7 Å². The molecule has 25 heavy (non-hydrogen) atoms. The number of hydrogen-bond acceptors (Lipinski definition) is 1. The van der Waals surface area contributed by atoms with E-state index >= 15 is 0 Å². The molecule has 0 aliphatic heterocycles. The Morgan fingerprint density at radius 3 is 2.28 bits per heavy atom. The molecule has 1 saturated carbocycles. The Kier molecular flexibility index (Phi) is 7.55. The molecule has 1 nitrogen and oxygen atoms in total. The fraction of sp³-hybridized carbons (Fsp3) is 0.750. The summed E-state index contributed by atoms with van der Waals surface area (Å²) in [5.41, 5.74) is 3.37. The highest BCUT2D eigenvalue weighted by molar-refractivity contribution is 5.24. The van der Waals surface area contributed by atoms with Crippen molar-refractivity contribution in [3.8, 4) is 0 Å². The Balaban J connectivity index is 1.96. The Morgan fingerprint density at radius 1 is 1.08 bits per heavy atom. The third kappa shape index (κ3) is 6.13. The molecule has 1 aromatic carbocycles. The van der Waals surface area contributed by atoms with Gasteiger partial charge in [-0.2, -0.15) is 0 Å². The minimum atomic E-state index is 0.483. The van der Waals surface area contributed by atoms with Crippen molar-refractivity contribution in [2.45, 2.75) is 85.6 Å². The van der Waals surface area contributed by atoms with E-state index in [1.807, 2.05) is 0 Å². The summed E-state index contributed by atoms with van der Waals surface area (Å²) in [6.45, 7) is 14.2. The van der Waals surface area contributed by atoms with Crippen LogP contribution >= 0.6 is 0 Å². The Labute approximate surface area is 157 Å². The van der Waals surface area contributed by atoms with Gasteiger partial charge < -0.3 is 4.90 Å². The topological polar surface area (TPSA) is 3.24 Å². The molecule has 1 aliphatic rings. The number of benzene rings is 1. The molecule has 1 aromatic rings. The van der Waals surface area contributed by atoms with E-state index in [0.717, 1.165) is 18.4 Å². The second-order valence-corrected chi connectivity index (χ2v) is 9.41. The predicted octanol–water partition coefficient (Wildman–Crippen LogP) is 6.87. The van der Waals surface area contributed by atoms with Crippen molar-refractivity contribution in [1.82, 2.24) is 4.90 Å². The zero-order valence-electron chi connectivity index (χ0n) is 17.6. The first kappa shape index (κ1) is 20.5. The number of nitrogens with zero attached hydrogens (tertiary/aromatic N) is 1. The lowest BCUT2D eigenvalue weighted by atomic mass is 9.78. The van der Waals surface area contributed by atoms with Gasteiger partial charge in [0.15, 0.2) is 0 Å². The molecule has 0 saturated heterocycles. The van der Waals surface area contributed by atoms with Crippen LogP contribution in [0.1, 0.15) is 90.2 Å². The molecule has 2 rings (SSSR count). The van der Waals surface area contributed by atoms with Crippen LogP contribution in [0.3, 0.4) is 0 Å². The maximum absolute atomic E-state index is 2.56. The van der Waals surface area contributed by atoms with Crippen molar-refractivity contribution in [2.24, 2.45) is 17.3 Å². The van der Waals surface area contributed by atoms with E-state index in [1.54, 1.807) is 0 Å².